The number of anilines is 1. The first-order valence-corrected chi connectivity index (χ1v) is 16.2. The number of aromatic nitrogens is 4. The number of para-hydroxylation sites is 1. The molecule has 1 aliphatic carbocycles. The van der Waals surface area contributed by atoms with Gasteiger partial charge in [0.1, 0.15) is 48.1 Å². The van der Waals surface area contributed by atoms with E-state index in [9.17, 15) is 19.6 Å². The SMILES string of the molecule is CCCC(NP(=O)(Oc1ccccc1)OC(C)C1OC(n2cnc3c(N)ncnc32)C(O)C1O)C(=O)OC1CCCCC1. The van der Waals surface area contributed by atoms with Crippen LogP contribution in [0.25, 0.3) is 11.2 Å². The Bertz CT molecular complexity index is 1420. The van der Waals surface area contributed by atoms with Gasteiger partial charge in [0.15, 0.2) is 17.7 Å². The summed E-state index contributed by atoms with van der Waals surface area (Å²) in [6.45, 7) is 3.44. The molecular formula is C28H39N6O8P. The second-order valence-corrected chi connectivity index (χ2v) is 12.6. The number of carbonyl (C=O) groups is 1. The monoisotopic (exact) mass is 618 g/mol. The first kappa shape index (κ1) is 31.3. The largest absolute Gasteiger partial charge is 0.461 e. The topological polar surface area (TPSA) is 193 Å². The van der Waals surface area contributed by atoms with Gasteiger partial charge >= 0.3 is 13.7 Å². The van der Waals surface area contributed by atoms with Gasteiger partial charge in [0.2, 0.25) is 0 Å². The van der Waals surface area contributed by atoms with E-state index in [0.717, 1.165) is 32.1 Å². The summed E-state index contributed by atoms with van der Waals surface area (Å²) in [4.78, 5) is 25.5. The van der Waals surface area contributed by atoms with Crippen molar-refractivity contribution < 1.29 is 38.1 Å². The minimum Gasteiger partial charge on any atom is -0.461 e. The lowest BCUT2D eigenvalue weighted by Crippen LogP contribution is -2.42. The van der Waals surface area contributed by atoms with Crippen LogP contribution in [0.5, 0.6) is 5.75 Å². The van der Waals surface area contributed by atoms with Crippen LogP contribution in [-0.4, -0.2) is 72.3 Å². The summed E-state index contributed by atoms with van der Waals surface area (Å²) in [5.41, 5.74) is 6.50. The maximum absolute atomic E-state index is 14.3. The van der Waals surface area contributed by atoms with Gasteiger partial charge in [0.05, 0.1) is 12.4 Å². The minimum absolute atomic E-state index is 0.152. The molecule has 5 N–H and O–H groups in total. The van der Waals surface area contributed by atoms with Gasteiger partial charge in [-0.2, -0.15) is 5.09 Å². The molecule has 1 aromatic carbocycles. The molecule has 2 aliphatic rings. The predicted octanol–water partition coefficient (Wildman–Crippen LogP) is 3.25. The van der Waals surface area contributed by atoms with Gasteiger partial charge in [-0.1, -0.05) is 38.0 Å². The smallest absolute Gasteiger partial charge is 0.459 e. The fourth-order valence-electron chi connectivity index (χ4n) is 5.48. The maximum Gasteiger partial charge on any atom is 0.459 e. The minimum atomic E-state index is -4.29. The van der Waals surface area contributed by atoms with Crippen molar-refractivity contribution in [3.63, 3.8) is 0 Å². The summed E-state index contributed by atoms with van der Waals surface area (Å²) in [7, 11) is -4.29. The molecule has 1 saturated carbocycles. The average Bonchev–Trinajstić information content (AvgIpc) is 3.55. The Balaban J connectivity index is 1.35. The van der Waals surface area contributed by atoms with Crippen molar-refractivity contribution in [2.75, 3.05) is 5.73 Å². The number of rotatable bonds is 12. The number of nitrogens with zero attached hydrogens (tertiary/aromatic N) is 4. The third kappa shape index (κ3) is 7.17. The summed E-state index contributed by atoms with van der Waals surface area (Å²) < 4.78 is 39.4. The molecule has 2 fully saturated rings. The highest BCUT2D eigenvalue weighted by atomic mass is 31.2. The van der Waals surface area contributed by atoms with E-state index in [1.54, 1.807) is 30.3 Å². The standard InChI is InChI=1S/C28H39N6O8P/c1-3-10-20(28(37)39-18-11-6-4-7-12-18)33-43(38,42-19-13-8-5-9-14-19)41-17(2)24-22(35)23(36)27(40-24)34-16-32-21-25(29)30-15-31-26(21)34/h5,8-9,13-18,20,22-24,27,35-36H,3-4,6-7,10-12H2,1-2H3,(H,33,38)(H2,29,30,31). The van der Waals surface area contributed by atoms with E-state index in [0.29, 0.717) is 24.0 Å². The second-order valence-electron chi connectivity index (χ2n) is 10.9. The third-order valence-electron chi connectivity index (χ3n) is 7.68. The fourth-order valence-corrected chi connectivity index (χ4v) is 7.21. The van der Waals surface area contributed by atoms with Gasteiger partial charge in [0.25, 0.3) is 0 Å². The van der Waals surface area contributed by atoms with Gasteiger partial charge in [-0.3, -0.25) is 13.9 Å². The number of ether oxygens (including phenoxy) is 2. The number of hydrogen-bond donors (Lipinski definition) is 4. The number of aliphatic hydroxyl groups is 2. The lowest BCUT2D eigenvalue weighted by Gasteiger charge is -2.30. The zero-order chi connectivity index (χ0) is 30.6. The van der Waals surface area contributed by atoms with Gasteiger partial charge in [-0.15, -0.1) is 0 Å². The van der Waals surface area contributed by atoms with Crippen LogP contribution in [0, 0.1) is 0 Å². The molecule has 14 nitrogen and oxygen atoms in total. The molecule has 0 amide bonds. The average molecular weight is 619 g/mol. The molecule has 5 rings (SSSR count). The molecule has 3 heterocycles. The van der Waals surface area contributed by atoms with Crippen LogP contribution < -0.4 is 15.3 Å². The number of esters is 1. The molecule has 234 valence electrons. The lowest BCUT2D eigenvalue weighted by atomic mass is 9.98. The fraction of sp³-hybridized carbons (Fsp3) is 0.571. The van der Waals surface area contributed by atoms with Crippen LogP contribution in [0.15, 0.2) is 43.0 Å². The molecule has 1 saturated heterocycles. The van der Waals surface area contributed by atoms with Crippen LogP contribution in [0.2, 0.25) is 0 Å². The number of nitrogens with two attached hydrogens (primary N) is 1. The molecular weight excluding hydrogens is 579 g/mol. The molecule has 1 aliphatic heterocycles. The van der Waals surface area contributed by atoms with E-state index in [2.05, 4.69) is 20.0 Å². The molecule has 43 heavy (non-hydrogen) atoms. The van der Waals surface area contributed by atoms with Crippen molar-refractivity contribution in [3.05, 3.63) is 43.0 Å². The van der Waals surface area contributed by atoms with E-state index in [-0.39, 0.29) is 17.7 Å². The number of aliphatic hydroxyl groups excluding tert-OH is 2. The maximum atomic E-state index is 14.3. The summed E-state index contributed by atoms with van der Waals surface area (Å²) in [6.07, 6.45) is 1.87. The molecule has 0 spiro atoms. The van der Waals surface area contributed by atoms with E-state index in [4.69, 9.17) is 24.3 Å². The van der Waals surface area contributed by atoms with Crippen LogP contribution >= 0.6 is 7.75 Å². The highest BCUT2D eigenvalue weighted by molar-refractivity contribution is 7.52. The zero-order valence-electron chi connectivity index (χ0n) is 24.2. The van der Waals surface area contributed by atoms with E-state index in [1.807, 2.05) is 6.92 Å². The Kier molecular flexibility index (Phi) is 9.95. The van der Waals surface area contributed by atoms with Crippen molar-refractivity contribution in [3.8, 4) is 5.75 Å². The van der Waals surface area contributed by atoms with Crippen molar-refractivity contribution in [1.82, 2.24) is 24.6 Å². The summed E-state index contributed by atoms with van der Waals surface area (Å²) in [5, 5.41) is 24.7. The van der Waals surface area contributed by atoms with Gasteiger partial charge in [0, 0.05) is 0 Å². The Morgan fingerprint density at radius 1 is 1.16 bits per heavy atom. The number of imidazole rings is 1. The molecule has 0 radical (unpaired) electrons. The van der Waals surface area contributed by atoms with Crippen molar-refractivity contribution in [1.29, 1.82) is 0 Å². The molecule has 0 bridgehead atoms. The lowest BCUT2D eigenvalue weighted by molar-refractivity contribution is -0.153. The third-order valence-corrected chi connectivity index (χ3v) is 9.37. The molecule has 7 unspecified atom stereocenters. The van der Waals surface area contributed by atoms with Gasteiger partial charge < -0.3 is 29.9 Å². The highest BCUT2D eigenvalue weighted by Crippen LogP contribution is 2.48. The van der Waals surface area contributed by atoms with Crippen molar-refractivity contribution >= 4 is 30.7 Å². The molecule has 2 aromatic heterocycles. The highest BCUT2D eigenvalue weighted by Gasteiger charge is 2.49. The normalized spacial score (nSPS) is 25.7. The van der Waals surface area contributed by atoms with Crippen molar-refractivity contribution in [2.45, 2.75) is 102 Å². The Labute approximate surface area is 249 Å². The van der Waals surface area contributed by atoms with Gasteiger partial charge in [-0.25, -0.2) is 19.5 Å². The van der Waals surface area contributed by atoms with Crippen LogP contribution in [0.1, 0.15) is 65.0 Å². The summed E-state index contributed by atoms with van der Waals surface area (Å²) >= 11 is 0. The number of nitrogens with one attached hydrogen (secondary N) is 1. The number of fused-ring (bicyclic) bond motifs is 1. The van der Waals surface area contributed by atoms with E-state index >= 15 is 0 Å². The number of nitrogen functional groups attached to an aromatic ring is 1. The van der Waals surface area contributed by atoms with Crippen LogP contribution in [0.3, 0.4) is 0 Å². The first-order chi connectivity index (χ1) is 20.7. The molecule has 15 heteroatoms. The van der Waals surface area contributed by atoms with E-state index < -0.39 is 50.4 Å². The first-order valence-electron chi connectivity index (χ1n) is 14.6. The number of benzene rings is 1. The second kappa shape index (κ2) is 13.7. The van der Waals surface area contributed by atoms with Crippen LogP contribution in [0.4, 0.5) is 5.82 Å². The van der Waals surface area contributed by atoms with Crippen LogP contribution in [-0.2, 0) is 23.4 Å². The molecule has 3 aromatic rings. The Morgan fingerprint density at radius 2 is 1.91 bits per heavy atom. The Hall–Kier alpha value is -3.13. The molecule has 7 atom stereocenters. The summed E-state index contributed by atoms with van der Waals surface area (Å²) in [6, 6.07) is 7.44. The van der Waals surface area contributed by atoms with Gasteiger partial charge in [-0.05, 0) is 51.2 Å². The number of carbonyl (C=O) groups excluding carboxylic acids is 1. The predicted molar refractivity (Wildman–Crippen MR) is 156 cm³/mol. The summed E-state index contributed by atoms with van der Waals surface area (Å²) in [5.74, 6) is -0.129. The quantitative estimate of drug-likeness (QED) is 0.171. The Morgan fingerprint density at radius 3 is 2.63 bits per heavy atom. The van der Waals surface area contributed by atoms with Crippen molar-refractivity contribution in [2.24, 2.45) is 0 Å². The van der Waals surface area contributed by atoms with E-state index in [1.165, 1.54) is 24.1 Å². The number of hydrogen-bond acceptors (Lipinski definition) is 12. The zero-order valence-corrected chi connectivity index (χ0v) is 25.1.